The van der Waals surface area contributed by atoms with Gasteiger partial charge in [-0.05, 0) is 17.7 Å². The fraction of sp³-hybridized carbons (Fsp3) is 0.143. The fourth-order valence-electron chi connectivity index (χ4n) is 1.81. The first-order valence-electron chi connectivity index (χ1n) is 5.77. The van der Waals surface area contributed by atoms with Gasteiger partial charge in [-0.3, -0.25) is 9.78 Å². The summed E-state index contributed by atoms with van der Waals surface area (Å²) in [5.41, 5.74) is 2.42. The largest absolute Gasteiger partial charge is 0.394 e. The number of hydrogen-bond acceptors (Lipinski definition) is 3. The zero-order valence-corrected chi connectivity index (χ0v) is 10.8. The molecular formula is C14H13ClN2O2. The summed E-state index contributed by atoms with van der Waals surface area (Å²) < 4.78 is 0. The van der Waals surface area contributed by atoms with Crippen LogP contribution in [0.2, 0.25) is 5.02 Å². The first-order chi connectivity index (χ1) is 9.26. The molecule has 0 saturated heterocycles. The van der Waals surface area contributed by atoms with Crippen LogP contribution in [0.3, 0.4) is 0 Å². The van der Waals surface area contributed by atoms with Crippen molar-refractivity contribution in [1.29, 1.82) is 0 Å². The van der Waals surface area contributed by atoms with Crippen LogP contribution >= 0.6 is 11.6 Å². The highest BCUT2D eigenvalue weighted by Gasteiger charge is 2.10. The quantitative estimate of drug-likeness (QED) is 0.823. The van der Waals surface area contributed by atoms with E-state index in [9.17, 15) is 9.90 Å². The van der Waals surface area contributed by atoms with E-state index in [1.165, 1.54) is 0 Å². The summed E-state index contributed by atoms with van der Waals surface area (Å²) >= 11 is 6.08. The number of nitrogens with zero attached hydrogens (tertiary/aromatic N) is 1. The average Bonchev–Trinajstić information content (AvgIpc) is 2.46. The Kier molecular flexibility index (Phi) is 4.49. The number of nitrogens with one attached hydrogen (secondary N) is 1. The molecule has 0 fully saturated rings. The lowest BCUT2D eigenvalue weighted by Gasteiger charge is -2.13. The Labute approximate surface area is 116 Å². The second-order valence-electron chi connectivity index (χ2n) is 3.98. The normalized spacial score (nSPS) is 11.9. The molecule has 1 heterocycles. The number of carbonyl (C=O) groups is 1. The summed E-state index contributed by atoms with van der Waals surface area (Å²) in [4.78, 5) is 14.7. The van der Waals surface area contributed by atoms with Crippen molar-refractivity contribution < 1.29 is 9.90 Å². The third-order valence-corrected chi connectivity index (χ3v) is 3.10. The van der Waals surface area contributed by atoms with Crippen molar-refractivity contribution in [3.05, 3.63) is 53.2 Å². The van der Waals surface area contributed by atoms with Crippen molar-refractivity contribution in [3.63, 3.8) is 0 Å². The number of pyridine rings is 1. The van der Waals surface area contributed by atoms with E-state index in [0.717, 1.165) is 11.1 Å². The maximum Gasteiger partial charge on any atom is 0.207 e. The smallest absolute Gasteiger partial charge is 0.207 e. The number of aliphatic hydroxyl groups excluding tert-OH is 1. The van der Waals surface area contributed by atoms with E-state index in [1.807, 2.05) is 24.3 Å². The van der Waals surface area contributed by atoms with Crippen LogP contribution in [0.5, 0.6) is 0 Å². The molecule has 0 saturated carbocycles. The number of amides is 1. The second-order valence-corrected chi connectivity index (χ2v) is 4.38. The van der Waals surface area contributed by atoms with E-state index in [2.05, 4.69) is 10.3 Å². The molecule has 5 heteroatoms. The maximum absolute atomic E-state index is 10.4. The van der Waals surface area contributed by atoms with Gasteiger partial charge in [-0.2, -0.15) is 0 Å². The highest BCUT2D eigenvalue weighted by atomic mass is 35.5. The summed E-state index contributed by atoms with van der Waals surface area (Å²) in [7, 11) is 0. The summed E-state index contributed by atoms with van der Waals surface area (Å²) in [6.07, 6.45) is 2.25. The Balaban J connectivity index is 2.28. The van der Waals surface area contributed by atoms with Crippen molar-refractivity contribution in [2.75, 3.05) is 6.61 Å². The molecule has 98 valence electrons. The fourth-order valence-corrected chi connectivity index (χ4v) is 2.04. The van der Waals surface area contributed by atoms with Crippen molar-refractivity contribution in [2.24, 2.45) is 0 Å². The van der Waals surface area contributed by atoms with E-state index < -0.39 is 6.04 Å². The van der Waals surface area contributed by atoms with Gasteiger partial charge in [-0.1, -0.05) is 35.9 Å². The van der Waals surface area contributed by atoms with Crippen molar-refractivity contribution in [1.82, 2.24) is 10.3 Å². The monoisotopic (exact) mass is 276 g/mol. The van der Waals surface area contributed by atoms with E-state index in [-0.39, 0.29) is 6.61 Å². The first-order valence-corrected chi connectivity index (χ1v) is 6.15. The molecule has 2 rings (SSSR count). The number of aliphatic hydroxyl groups is 1. The Morgan fingerprint density at radius 1 is 1.32 bits per heavy atom. The third kappa shape index (κ3) is 3.10. The van der Waals surface area contributed by atoms with Gasteiger partial charge < -0.3 is 10.4 Å². The SMILES string of the molecule is O=CNC(CO)c1ccc(-c2ncccc2Cl)cc1. The lowest BCUT2D eigenvalue weighted by atomic mass is 10.0. The van der Waals surface area contributed by atoms with Gasteiger partial charge in [0.05, 0.1) is 23.4 Å². The van der Waals surface area contributed by atoms with Crippen LogP contribution in [0, 0.1) is 0 Å². The van der Waals surface area contributed by atoms with Gasteiger partial charge >= 0.3 is 0 Å². The van der Waals surface area contributed by atoms with Crippen LogP contribution in [-0.4, -0.2) is 23.1 Å². The lowest BCUT2D eigenvalue weighted by Crippen LogP contribution is -2.22. The average molecular weight is 277 g/mol. The number of carbonyl (C=O) groups excluding carboxylic acids is 1. The Morgan fingerprint density at radius 3 is 2.63 bits per heavy atom. The highest BCUT2D eigenvalue weighted by molar-refractivity contribution is 6.33. The zero-order valence-electron chi connectivity index (χ0n) is 10.1. The zero-order chi connectivity index (χ0) is 13.7. The Bertz CT molecular complexity index is 558. The summed E-state index contributed by atoms with van der Waals surface area (Å²) in [5, 5.41) is 12.3. The molecule has 2 aromatic rings. The number of rotatable bonds is 5. The number of hydrogen-bond donors (Lipinski definition) is 2. The minimum atomic E-state index is -0.397. The Hall–Kier alpha value is -1.91. The highest BCUT2D eigenvalue weighted by Crippen LogP contribution is 2.26. The summed E-state index contributed by atoms with van der Waals surface area (Å²) in [6, 6.07) is 10.5. The summed E-state index contributed by atoms with van der Waals surface area (Å²) in [5.74, 6) is 0. The molecule has 0 radical (unpaired) electrons. The summed E-state index contributed by atoms with van der Waals surface area (Å²) in [6.45, 7) is -0.150. The van der Waals surface area contributed by atoms with Crippen LogP contribution < -0.4 is 5.32 Å². The predicted molar refractivity (Wildman–Crippen MR) is 73.7 cm³/mol. The van der Waals surface area contributed by atoms with E-state index in [4.69, 9.17) is 11.6 Å². The maximum atomic E-state index is 10.4. The molecular weight excluding hydrogens is 264 g/mol. The van der Waals surface area contributed by atoms with E-state index >= 15 is 0 Å². The molecule has 1 aromatic carbocycles. The van der Waals surface area contributed by atoms with Crippen LogP contribution in [-0.2, 0) is 4.79 Å². The van der Waals surface area contributed by atoms with Gasteiger partial charge in [0.1, 0.15) is 0 Å². The second kappa shape index (κ2) is 6.31. The van der Waals surface area contributed by atoms with Gasteiger partial charge in [-0.25, -0.2) is 0 Å². The predicted octanol–water partition coefficient (Wildman–Crippen LogP) is 2.18. The standard InChI is InChI=1S/C14H13ClN2O2/c15-12-2-1-7-16-14(12)11-5-3-10(4-6-11)13(8-18)17-9-19/h1-7,9,13,18H,8H2,(H,17,19). The van der Waals surface area contributed by atoms with Crippen molar-refractivity contribution >= 4 is 18.0 Å². The van der Waals surface area contributed by atoms with Crippen molar-refractivity contribution in [2.45, 2.75) is 6.04 Å². The van der Waals surface area contributed by atoms with E-state index in [1.54, 1.807) is 18.3 Å². The van der Waals surface area contributed by atoms with Gasteiger partial charge in [0, 0.05) is 11.8 Å². The molecule has 1 unspecified atom stereocenters. The Morgan fingerprint density at radius 2 is 2.05 bits per heavy atom. The number of halogens is 1. The molecule has 1 amide bonds. The van der Waals surface area contributed by atoms with Gasteiger partial charge in [0.2, 0.25) is 6.41 Å². The van der Waals surface area contributed by atoms with Crippen LogP contribution in [0.4, 0.5) is 0 Å². The first kappa shape index (κ1) is 13.5. The minimum absolute atomic E-state index is 0.150. The minimum Gasteiger partial charge on any atom is -0.394 e. The van der Waals surface area contributed by atoms with Gasteiger partial charge in [0.15, 0.2) is 0 Å². The number of benzene rings is 1. The molecule has 2 N–H and O–H groups in total. The van der Waals surface area contributed by atoms with Crippen LogP contribution in [0.25, 0.3) is 11.3 Å². The molecule has 4 nitrogen and oxygen atoms in total. The molecule has 19 heavy (non-hydrogen) atoms. The third-order valence-electron chi connectivity index (χ3n) is 2.80. The van der Waals surface area contributed by atoms with Crippen LogP contribution in [0.1, 0.15) is 11.6 Å². The molecule has 0 aliphatic rings. The van der Waals surface area contributed by atoms with Crippen LogP contribution in [0.15, 0.2) is 42.6 Å². The molecule has 0 bridgehead atoms. The molecule has 1 atom stereocenters. The van der Waals surface area contributed by atoms with Gasteiger partial charge in [0.25, 0.3) is 0 Å². The molecule has 0 aliphatic carbocycles. The van der Waals surface area contributed by atoms with Crippen molar-refractivity contribution in [3.8, 4) is 11.3 Å². The van der Waals surface area contributed by atoms with E-state index in [0.29, 0.717) is 17.1 Å². The lowest BCUT2D eigenvalue weighted by molar-refractivity contribution is -0.110. The molecule has 0 aliphatic heterocycles. The topological polar surface area (TPSA) is 62.2 Å². The molecule has 1 aromatic heterocycles. The van der Waals surface area contributed by atoms with Gasteiger partial charge in [-0.15, -0.1) is 0 Å². The number of aromatic nitrogens is 1. The molecule has 0 spiro atoms.